The van der Waals surface area contributed by atoms with Crippen LogP contribution in [0.25, 0.3) is 0 Å². The van der Waals surface area contributed by atoms with Crippen molar-refractivity contribution >= 4 is 11.8 Å². The van der Waals surface area contributed by atoms with Crippen molar-refractivity contribution < 1.29 is 9.59 Å². The predicted octanol–water partition coefficient (Wildman–Crippen LogP) is 3.13. The fourth-order valence-electron chi connectivity index (χ4n) is 2.45. The lowest BCUT2D eigenvalue weighted by atomic mass is 10.0. The van der Waals surface area contributed by atoms with Crippen molar-refractivity contribution in [1.29, 1.82) is 5.26 Å². The third-order valence-corrected chi connectivity index (χ3v) is 3.83. The highest BCUT2D eigenvalue weighted by Gasteiger charge is 2.17. The molecule has 25 heavy (non-hydrogen) atoms. The minimum Gasteiger partial charge on any atom is -0.352 e. The van der Waals surface area contributed by atoms with Crippen molar-refractivity contribution in [2.45, 2.75) is 26.3 Å². The summed E-state index contributed by atoms with van der Waals surface area (Å²) in [6, 6.07) is 15.3. The van der Waals surface area contributed by atoms with Gasteiger partial charge in [-0.3, -0.25) is 9.59 Å². The van der Waals surface area contributed by atoms with Crippen LogP contribution in [0.1, 0.15) is 51.2 Å². The number of nitrogens with zero attached hydrogens (tertiary/aromatic N) is 1. The van der Waals surface area contributed by atoms with Crippen LogP contribution in [-0.4, -0.2) is 18.4 Å². The van der Waals surface area contributed by atoms with E-state index in [1.54, 1.807) is 18.2 Å². The summed E-state index contributed by atoms with van der Waals surface area (Å²) in [4.78, 5) is 24.5. The van der Waals surface area contributed by atoms with E-state index in [1.807, 2.05) is 38.1 Å². The quantitative estimate of drug-likeness (QED) is 0.851. The highest BCUT2D eigenvalue weighted by Crippen LogP contribution is 2.17. The van der Waals surface area contributed by atoms with Gasteiger partial charge in [-0.15, -0.1) is 0 Å². The van der Waals surface area contributed by atoms with Gasteiger partial charge in [-0.1, -0.05) is 37.3 Å². The van der Waals surface area contributed by atoms with Crippen LogP contribution in [0.15, 0.2) is 48.5 Å². The molecule has 0 spiro atoms. The lowest BCUT2D eigenvalue weighted by Crippen LogP contribution is -2.29. The van der Waals surface area contributed by atoms with Gasteiger partial charge in [0.2, 0.25) is 0 Å². The first-order valence-corrected chi connectivity index (χ1v) is 8.21. The normalized spacial score (nSPS) is 11.2. The van der Waals surface area contributed by atoms with Gasteiger partial charge in [0.15, 0.2) is 0 Å². The van der Waals surface area contributed by atoms with E-state index in [0.717, 1.165) is 17.5 Å². The van der Waals surface area contributed by atoms with Crippen molar-refractivity contribution in [2.75, 3.05) is 6.54 Å². The van der Waals surface area contributed by atoms with Crippen LogP contribution in [0.2, 0.25) is 0 Å². The summed E-state index contributed by atoms with van der Waals surface area (Å²) in [5.74, 6) is -0.604. The molecule has 0 unspecified atom stereocenters. The first-order valence-electron chi connectivity index (χ1n) is 8.21. The molecule has 128 valence electrons. The molecule has 0 aliphatic carbocycles. The Balaban J connectivity index is 2.16. The summed E-state index contributed by atoms with van der Waals surface area (Å²) < 4.78 is 0. The summed E-state index contributed by atoms with van der Waals surface area (Å²) in [7, 11) is 0. The topological polar surface area (TPSA) is 82.0 Å². The number of hydrogen-bond donors (Lipinski definition) is 2. The second kappa shape index (κ2) is 8.65. The van der Waals surface area contributed by atoms with Crippen LogP contribution in [0.5, 0.6) is 0 Å². The molecule has 0 radical (unpaired) electrons. The fourth-order valence-corrected chi connectivity index (χ4v) is 2.45. The van der Waals surface area contributed by atoms with Gasteiger partial charge in [-0.25, -0.2) is 0 Å². The van der Waals surface area contributed by atoms with Crippen LogP contribution < -0.4 is 10.6 Å². The monoisotopic (exact) mass is 335 g/mol. The average molecular weight is 335 g/mol. The Labute approximate surface area is 147 Å². The number of nitriles is 1. The standard InChI is InChI=1S/C20H21N3O2/c1-3-11-22-19(24)15-8-6-9-16(12-15)20(25)23-18(13-21)17-10-5-4-7-14(17)2/h4-10,12,18H,3,11H2,1-2H3,(H,22,24)(H,23,25)/t18-/m1/s1. The molecule has 0 saturated heterocycles. The third kappa shape index (κ3) is 4.67. The molecular weight excluding hydrogens is 314 g/mol. The molecule has 5 heteroatoms. The second-order valence-electron chi connectivity index (χ2n) is 5.73. The van der Waals surface area contributed by atoms with Crippen molar-refractivity contribution in [3.05, 3.63) is 70.8 Å². The number of aryl methyl sites for hydroxylation is 1. The molecule has 2 N–H and O–H groups in total. The lowest BCUT2D eigenvalue weighted by molar-refractivity contribution is 0.0945. The van der Waals surface area contributed by atoms with Gasteiger partial charge in [-0.2, -0.15) is 5.26 Å². The maximum absolute atomic E-state index is 12.5. The van der Waals surface area contributed by atoms with Gasteiger partial charge in [-0.05, 0) is 42.7 Å². The Morgan fingerprint density at radius 1 is 1.08 bits per heavy atom. The highest BCUT2D eigenvalue weighted by atomic mass is 16.2. The SMILES string of the molecule is CCCNC(=O)c1cccc(C(=O)N[C@H](C#N)c2ccccc2C)c1. The second-order valence-corrected chi connectivity index (χ2v) is 5.73. The molecule has 0 aliphatic rings. The zero-order valence-electron chi connectivity index (χ0n) is 14.4. The maximum atomic E-state index is 12.5. The third-order valence-electron chi connectivity index (χ3n) is 3.83. The molecule has 1 atom stereocenters. The molecule has 0 saturated carbocycles. The maximum Gasteiger partial charge on any atom is 0.252 e. The molecule has 5 nitrogen and oxygen atoms in total. The molecular formula is C20H21N3O2. The summed E-state index contributed by atoms with van der Waals surface area (Å²) in [5.41, 5.74) is 2.46. The van der Waals surface area contributed by atoms with Gasteiger partial charge in [0.05, 0.1) is 6.07 Å². The zero-order chi connectivity index (χ0) is 18.2. The van der Waals surface area contributed by atoms with Crippen molar-refractivity contribution in [1.82, 2.24) is 10.6 Å². The number of benzene rings is 2. The Hall–Kier alpha value is -3.13. The Bertz CT molecular complexity index is 809. The molecule has 0 fully saturated rings. The van der Waals surface area contributed by atoms with Gasteiger partial charge in [0.1, 0.15) is 6.04 Å². The van der Waals surface area contributed by atoms with E-state index in [-0.39, 0.29) is 11.8 Å². The number of amides is 2. The minimum absolute atomic E-state index is 0.216. The van der Waals surface area contributed by atoms with Gasteiger partial charge >= 0.3 is 0 Å². The van der Waals surface area contributed by atoms with Gasteiger partial charge < -0.3 is 10.6 Å². The van der Waals surface area contributed by atoms with Crippen LogP contribution in [0.4, 0.5) is 0 Å². The highest BCUT2D eigenvalue weighted by molar-refractivity contribution is 5.99. The van der Waals surface area contributed by atoms with Gasteiger partial charge in [0, 0.05) is 17.7 Å². The summed E-state index contributed by atoms with van der Waals surface area (Å²) in [6.07, 6.45) is 0.839. The van der Waals surface area contributed by atoms with E-state index in [2.05, 4.69) is 16.7 Å². The van der Waals surface area contributed by atoms with E-state index in [9.17, 15) is 14.9 Å². The number of carbonyl (C=O) groups is 2. The molecule has 2 amide bonds. The smallest absolute Gasteiger partial charge is 0.252 e. The molecule has 0 aromatic heterocycles. The number of hydrogen-bond acceptors (Lipinski definition) is 3. The van der Waals surface area contributed by atoms with Crippen LogP contribution >= 0.6 is 0 Å². The molecule has 0 aliphatic heterocycles. The fraction of sp³-hybridized carbons (Fsp3) is 0.250. The molecule has 0 bridgehead atoms. The van der Waals surface area contributed by atoms with Crippen molar-refractivity contribution in [3.63, 3.8) is 0 Å². The molecule has 2 aromatic carbocycles. The zero-order valence-corrected chi connectivity index (χ0v) is 14.4. The Morgan fingerprint density at radius 2 is 1.76 bits per heavy atom. The summed E-state index contributed by atoms with van der Waals surface area (Å²) in [5, 5.41) is 14.9. The molecule has 2 aromatic rings. The van der Waals surface area contributed by atoms with Crippen molar-refractivity contribution in [2.24, 2.45) is 0 Å². The number of rotatable bonds is 6. The van der Waals surface area contributed by atoms with Crippen molar-refractivity contribution in [3.8, 4) is 6.07 Å². The largest absolute Gasteiger partial charge is 0.352 e. The lowest BCUT2D eigenvalue weighted by Gasteiger charge is -2.14. The number of carbonyl (C=O) groups excluding carboxylic acids is 2. The Kier molecular flexibility index (Phi) is 6.30. The van der Waals surface area contributed by atoms with E-state index in [4.69, 9.17) is 0 Å². The summed E-state index contributed by atoms with van der Waals surface area (Å²) >= 11 is 0. The van der Waals surface area contributed by atoms with Crippen LogP contribution in [0, 0.1) is 18.3 Å². The first-order chi connectivity index (χ1) is 12.1. The predicted molar refractivity (Wildman–Crippen MR) is 96.1 cm³/mol. The number of nitrogens with one attached hydrogen (secondary N) is 2. The van der Waals surface area contributed by atoms with E-state index in [0.29, 0.717) is 17.7 Å². The molecule has 2 rings (SSSR count). The first kappa shape index (κ1) is 18.2. The van der Waals surface area contributed by atoms with E-state index < -0.39 is 6.04 Å². The minimum atomic E-state index is -0.744. The van der Waals surface area contributed by atoms with Crippen LogP contribution in [0.3, 0.4) is 0 Å². The van der Waals surface area contributed by atoms with E-state index in [1.165, 1.54) is 6.07 Å². The average Bonchev–Trinajstić information content (AvgIpc) is 2.64. The Morgan fingerprint density at radius 3 is 2.40 bits per heavy atom. The summed E-state index contributed by atoms with van der Waals surface area (Å²) in [6.45, 7) is 4.45. The molecule has 0 heterocycles. The van der Waals surface area contributed by atoms with Crippen LogP contribution in [-0.2, 0) is 0 Å². The van der Waals surface area contributed by atoms with Gasteiger partial charge in [0.25, 0.3) is 11.8 Å². The van der Waals surface area contributed by atoms with E-state index >= 15 is 0 Å².